The highest BCUT2D eigenvalue weighted by Gasteiger charge is 2.30. The maximum absolute atomic E-state index is 12.8. The van der Waals surface area contributed by atoms with Crippen molar-refractivity contribution < 1.29 is 23.1 Å². The predicted octanol–water partition coefficient (Wildman–Crippen LogP) is 3.54. The van der Waals surface area contributed by atoms with E-state index in [9.17, 15) is 23.1 Å². The maximum Gasteiger partial charge on any atom is 0.416 e. The lowest BCUT2D eigenvalue weighted by atomic mass is 9.98. The normalized spacial score (nSPS) is 17.8. The third-order valence-corrected chi connectivity index (χ3v) is 4.21. The van der Waals surface area contributed by atoms with Gasteiger partial charge >= 0.3 is 12.1 Å². The minimum Gasteiger partial charge on any atom is -0.481 e. The van der Waals surface area contributed by atoms with Crippen molar-refractivity contribution in [3.05, 3.63) is 42.2 Å². The lowest BCUT2D eigenvalue weighted by molar-refractivity contribution is -0.142. The number of nitrogens with one attached hydrogen (secondary N) is 1. The van der Waals surface area contributed by atoms with Gasteiger partial charge in [-0.25, -0.2) is 9.97 Å². The first-order chi connectivity index (χ1) is 12.3. The van der Waals surface area contributed by atoms with Gasteiger partial charge < -0.3 is 15.3 Å². The number of carbonyl (C=O) groups is 1. The lowest BCUT2D eigenvalue weighted by Crippen LogP contribution is -2.39. The van der Waals surface area contributed by atoms with Crippen molar-refractivity contribution in [2.45, 2.75) is 19.0 Å². The number of alkyl halides is 3. The summed E-state index contributed by atoms with van der Waals surface area (Å²) in [5.74, 6) is -0.420. The van der Waals surface area contributed by atoms with E-state index in [4.69, 9.17) is 0 Å². The maximum atomic E-state index is 12.8. The zero-order chi connectivity index (χ0) is 18.7. The van der Waals surface area contributed by atoms with Crippen LogP contribution >= 0.6 is 0 Å². The number of carboxylic acids is 1. The molecule has 138 valence electrons. The number of rotatable bonds is 4. The molecule has 0 spiro atoms. The van der Waals surface area contributed by atoms with Gasteiger partial charge in [0.15, 0.2) is 0 Å². The molecule has 1 fully saturated rings. The molecule has 2 N–H and O–H groups in total. The number of hydrogen-bond acceptors (Lipinski definition) is 5. The molecule has 3 rings (SSSR count). The van der Waals surface area contributed by atoms with Gasteiger partial charge in [-0.15, -0.1) is 0 Å². The molecule has 9 heteroatoms. The lowest BCUT2D eigenvalue weighted by Gasteiger charge is -2.31. The van der Waals surface area contributed by atoms with Crippen molar-refractivity contribution in [1.82, 2.24) is 9.97 Å². The van der Waals surface area contributed by atoms with Crippen molar-refractivity contribution in [1.29, 1.82) is 0 Å². The monoisotopic (exact) mass is 366 g/mol. The van der Waals surface area contributed by atoms with Gasteiger partial charge in [0.2, 0.25) is 0 Å². The van der Waals surface area contributed by atoms with E-state index < -0.39 is 23.6 Å². The summed E-state index contributed by atoms with van der Waals surface area (Å²) in [7, 11) is 0. The van der Waals surface area contributed by atoms with Crippen LogP contribution in [0.2, 0.25) is 0 Å². The largest absolute Gasteiger partial charge is 0.481 e. The summed E-state index contributed by atoms with van der Waals surface area (Å²) in [5.41, 5.74) is -0.497. The minimum atomic E-state index is -4.42. The molecule has 1 saturated heterocycles. The van der Waals surface area contributed by atoms with Crippen LogP contribution in [0, 0.1) is 5.92 Å². The SMILES string of the molecule is O=C(O)[C@H]1CCCN(c2cc(Nc3cccc(C(F)(F)F)c3)ncn2)C1. The van der Waals surface area contributed by atoms with Gasteiger partial charge in [0.25, 0.3) is 0 Å². The molecule has 2 aromatic rings. The molecule has 0 saturated carbocycles. The van der Waals surface area contributed by atoms with E-state index in [0.717, 1.165) is 18.6 Å². The van der Waals surface area contributed by atoms with Crippen molar-refractivity contribution >= 4 is 23.3 Å². The number of hydrogen-bond donors (Lipinski definition) is 2. The number of carboxylic acid groups (broad SMARTS) is 1. The molecule has 0 aliphatic carbocycles. The highest BCUT2D eigenvalue weighted by Crippen LogP contribution is 2.31. The molecule has 0 bridgehead atoms. The summed E-state index contributed by atoms with van der Waals surface area (Å²) < 4.78 is 38.4. The average Bonchev–Trinajstić information content (AvgIpc) is 2.61. The number of halogens is 3. The third kappa shape index (κ3) is 4.22. The zero-order valence-corrected chi connectivity index (χ0v) is 13.7. The molecule has 0 amide bonds. The number of piperidine rings is 1. The molecule has 6 nitrogen and oxygen atoms in total. The number of aromatic nitrogens is 2. The molecule has 1 aliphatic rings. The highest BCUT2D eigenvalue weighted by atomic mass is 19.4. The summed E-state index contributed by atoms with van der Waals surface area (Å²) in [6, 6.07) is 6.43. The number of nitrogens with zero attached hydrogens (tertiary/aromatic N) is 3. The quantitative estimate of drug-likeness (QED) is 0.862. The molecule has 1 aromatic heterocycles. The summed E-state index contributed by atoms with van der Waals surface area (Å²) in [4.78, 5) is 21.2. The van der Waals surface area contributed by atoms with Gasteiger partial charge in [0.05, 0.1) is 11.5 Å². The second-order valence-corrected chi connectivity index (χ2v) is 6.09. The fourth-order valence-corrected chi connectivity index (χ4v) is 2.90. The second kappa shape index (κ2) is 7.19. The Labute approximate surface area is 147 Å². The van der Waals surface area contributed by atoms with E-state index in [1.54, 1.807) is 6.07 Å². The Morgan fingerprint density at radius 2 is 2.08 bits per heavy atom. The van der Waals surface area contributed by atoms with E-state index in [-0.39, 0.29) is 5.69 Å². The third-order valence-electron chi connectivity index (χ3n) is 4.21. The first-order valence-electron chi connectivity index (χ1n) is 8.07. The van der Waals surface area contributed by atoms with E-state index >= 15 is 0 Å². The van der Waals surface area contributed by atoms with Gasteiger partial charge in [0, 0.05) is 24.8 Å². The van der Waals surface area contributed by atoms with Crippen LogP contribution < -0.4 is 10.2 Å². The van der Waals surface area contributed by atoms with Crippen LogP contribution in [0.25, 0.3) is 0 Å². The van der Waals surface area contributed by atoms with E-state index in [1.165, 1.54) is 18.5 Å². The molecular formula is C17H17F3N4O2. The molecule has 0 unspecified atom stereocenters. The van der Waals surface area contributed by atoms with Crippen molar-refractivity contribution in [3.8, 4) is 0 Å². The van der Waals surface area contributed by atoms with Gasteiger partial charge in [0.1, 0.15) is 18.0 Å². The van der Waals surface area contributed by atoms with Gasteiger partial charge in [-0.3, -0.25) is 4.79 Å². The first-order valence-corrected chi connectivity index (χ1v) is 8.07. The summed E-state index contributed by atoms with van der Waals surface area (Å²) in [6.07, 6.45) is -1.77. The number of benzene rings is 1. The van der Waals surface area contributed by atoms with Crippen LogP contribution in [0.4, 0.5) is 30.5 Å². The number of aliphatic carboxylic acids is 1. The van der Waals surface area contributed by atoms with Crippen LogP contribution in [0.1, 0.15) is 18.4 Å². The van der Waals surface area contributed by atoms with Crippen LogP contribution in [-0.2, 0) is 11.0 Å². The fraction of sp³-hybridized carbons (Fsp3) is 0.353. The Hall–Kier alpha value is -2.84. The van der Waals surface area contributed by atoms with Gasteiger partial charge in [-0.05, 0) is 31.0 Å². The summed E-state index contributed by atoms with van der Waals surface area (Å²) in [5, 5.41) is 12.0. The van der Waals surface area contributed by atoms with E-state index in [1.807, 2.05) is 4.90 Å². The first kappa shape index (κ1) is 18.0. The smallest absolute Gasteiger partial charge is 0.416 e. The Bertz CT molecular complexity index is 798. The molecule has 2 heterocycles. The Balaban J connectivity index is 1.77. The van der Waals surface area contributed by atoms with E-state index in [2.05, 4.69) is 15.3 Å². The van der Waals surface area contributed by atoms with E-state index in [0.29, 0.717) is 31.1 Å². The summed E-state index contributed by atoms with van der Waals surface area (Å²) >= 11 is 0. The fourth-order valence-electron chi connectivity index (χ4n) is 2.90. The topological polar surface area (TPSA) is 78.4 Å². The highest BCUT2D eigenvalue weighted by molar-refractivity contribution is 5.71. The van der Waals surface area contributed by atoms with Crippen molar-refractivity contribution in [2.75, 3.05) is 23.3 Å². The second-order valence-electron chi connectivity index (χ2n) is 6.09. The molecule has 1 aromatic carbocycles. The van der Waals surface area contributed by atoms with Gasteiger partial charge in [-0.1, -0.05) is 6.07 Å². The Morgan fingerprint density at radius 1 is 1.27 bits per heavy atom. The zero-order valence-electron chi connectivity index (χ0n) is 13.7. The Morgan fingerprint density at radius 3 is 2.81 bits per heavy atom. The number of anilines is 3. The van der Waals surface area contributed by atoms with Crippen LogP contribution in [0.5, 0.6) is 0 Å². The summed E-state index contributed by atoms with van der Waals surface area (Å²) in [6.45, 7) is 1.01. The molecule has 1 aliphatic heterocycles. The Kier molecular flexibility index (Phi) is 4.97. The van der Waals surface area contributed by atoms with Crippen LogP contribution in [0.15, 0.2) is 36.7 Å². The molecular weight excluding hydrogens is 349 g/mol. The van der Waals surface area contributed by atoms with Crippen molar-refractivity contribution in [2.24, 2.45) is 5.92 Å². The molecule has 26 heavy (non-hydrogen) atoms. The average molecular weight is 366 g/mol. The molecule has 1 atom stereocenters. The molecule has 0 radical (unpaired) electrons. The van der Waals surface area contributed by atoms with Crippen molar-refractivity contribution in [3.63, 3.8) is 0 Å². The van der Waals surface area contributed by atoms with Crippen LogP contribution in [0.3, 0.4) is 0 Å². The van der Waals surface area contributed by atoms with Crippen LogP contribution in [-0.4, -0.2) is 34.1 Å². The minimum absolute atomic E-state index is 0.256. The van der Waals surface area contributed by atoms with Gasteiger partial charge in [-0.2, -0.15) is 13.2 Å². The predicted molar refractivity (Wildman–Crippen MR) is 89.3 cm³/mol. The standard InChI is InChI=1S/C17H17F3N4O2/c18-17(19,20)12-4-1-5-13(7-12)23-14-8-15(22-10-21-14)24-6-2-3-11(9-24)16(25)26/h1,4-5,7-8,10-11H,2-3,6,9H2,(H,25,26)(H,21,22,23)/t11-/m0/s1.